The lowest BCUT2D eigenvalue weighted by Gasteiger charge is -2.09. The molecule has 0 aliphatic carbocycles. The van der Waals surface area contributed by atoms with E-state index >= 15 is 0 Å². The summed E-state index contributed by atoms with van der Waals surface area (Å²) in [5.41, 5.74) is 2.90. The number of hydrogen-bond acceptors (Lipinski definition) is 4. The van der Waals surface area contributed by atoms with Gasteiger partial charge in [-0.15, -0.1) is 0 Å². The minimum Gasteiger partial charge on any atom is -0.381 e. The first kappa shape index (κ1) is 14.9. The Labute approximate surface area is 124 Å². The van der Waals surface area contributed by atoms with E-state index in [1.807, 2.05) is 24.3 Å². The second-order valence-corrected chi connectivity index (χ2v) is 6.37. The summed E-state index contributed by atoms with van der Waals surface area (Å²) in [6.07, 6.45) is 1.11. The molecule has 2 aromatic rings. The topological polar surface area (TPSA) is 82.0 Å². The molecule has 6 heteroatoms. The molecule has 2 N–H and O–H groups in total. The van der Waals surface area contributed by atoms with E-state index in [2.05, 4.69) is 16.1 Å². The SMILES string of the molecule is CS(=O)(=O)Nc1cccc(NCc2cccc(C#N)c2)c1. The lowest BCUT2D eigenvalue weighted by atomic mass is 10.1. The summed E-state index contributed by atoms with van der Waals surface area (Å²) in [4.78, 5) is 0. The van der Waals surface area contributed by atoms with Gasteiger partial charge in [-0.2, -0.15) is 5.26 Å². The van der Waals surface area contributed by atoms with Crippen LogP contribution in [0.15, 0.2) is 48.5 Å². The number of nitriles is 1. The molecule has 2 aromatic carbocycles. The Bertz CT molecular complexity index is 780. The van der Waals surface area contributed by atoms with Gasteiger partial charge in [-0.3, -0.25) is 4.72 Å². The van der Waals surface area contributed by atoms with E-state index in [4.69, 9.17) is 5.26 Å². The Morgan fingerprint density at radius 1 is 1.10 bits per heavy atom. The summed E-state index contributed by atoms with van der Waals surface area (Å²) >= 11 is 0. The molecule has 0 fully saturated rings. The fourth-order valence-electron chi connectivity index (χ4n) is 1.86. The van der Waals surface area contributed by atoms with Crippen LogP contribution in [0.2, 0.25) is 0 Å². The summed E-state index contributed by atoms with van der Waals surface area (Å²) in [7, 11) is -3.28. The van der Waals surface area contributed by atoms with Gasteiger partial charge >= 0.3 is 0 Å². The molecule has 5 nitrogen and oxygen atoms in total. The molecule has 0 spiro atoms. The number of sulfonamides is 1. The van der Waals surface area contributed by atoms with Gasteiger partial charge in [0.05, 0.1) is 23.6 Å². The van der Waals surface area contributed by atoms with E-state index in [1.54, 1.807) is 24.3 Å². The van der Waals surface area contributed by atoms with Crippen LogP contribution in [0, 0.1) is 11.3 Å². The van der Waals surface area contributed by atoms with Crippen molar-refractivity contribution >= 4 is 21.4 Å². The van der Waals surface area contributed by atoms with E-state index in [0.29, 0.717) is 17.8 Å². The van der Waals surface area contributed by atoms with E-state index in [1.165, 1.54) is 0 Å². The molecule has 21 heavy (non-hydrogen) atoms. The highest BCUT2D eigenvalue weighted by Gasteiger charge is 2.02. The van der Waals surface area contributed by atoms with Gasteiger partial charge in [0.15, 0.2) is 0 Å². The van der Waals surface area contributed by atoms with Crippen molar-refractivity contribution in [2.75, 3.05) is 16.3 Å². The summed E-state index contributed by atoms with van der Waals surface area (Å²) in [6.45, 7) is 0.553. The molecule has 0 aromatic heterocycles. The fourth-order valence-corrected chi connectivity index (χ4v) is 2.42. The molecule has 0 bridgehead atoms. The fraction of sp³-hybridized carbons (Fsp3) is 0.133. The number of nitrogens with zero attached hydrogens (tertiary/aromatic N) is 1. The van der Waals surface area contributed by atoms with Crippen LogP contribution >= 0.6 is 0 Å². The molecule has 0 atom stereocenters. The molecule has 108 valence electrons. The summed E-state index contributed by atoms with van der Waals surface area (Å²) in [5.74, 6) is 0. The third-order valence-corrected chi connectivity index (χ3v) is 3.33. The van der Waals surface area contributed by atoms with Crippen molar-refractivity contribution in [1.29, 1.82) is 5.26 Å². The lowest BCUT2D eigenvalue weighted by Crippen LogP contribution is -2.09. The van der Waals surface area contributed by atoms with Gasteiger partial charge in [-0.1, -0.05) is 18.2 Å². The predicted octanol–water partition coefficient (Wildman–Crippen LogP) is 2.54. The second-order valence-electron chi connectivity index (χ2n) is 4.62. The monoisotopic (exact) mass is 301 g/mol. The summed E-state index contributed by atoms with van der Waals surface area (Å²) in [5, 5.41) is 12.1. The van der Waals surface area contributed by atoms with Crippen molar-refractivity contribution < 1.29 is 8.42 Å². The van der Waals surface area contributed by atoms with E-state index in [9.17, 15) is 8.42 Å². The van der Waals surface area contributed by atoms with Crippen LogP contribution in [-0.4, -0.2) is 14.7 Å². The summed E-state index contributed by atoms with van der Waals surface area (Å²) in [6, 6.07) is 16.4. The van der Waals surface area contributed by atoms with Gasteiger partial charge in [0.2, 0.25) is 10.0 Å². The zero-order valence-corrected chi connectivity index (χ0v) is 12.3. The minimum absolute atomic E-state index is 0.508. The van der Waals surface area contributed by atoms with Crippen molar-refractivity contribution in [1.82, 2.24) is 0 Å². The van der Waals surface area contributed by atoms with E-state index in [0.717, 1.165) is 17.5 Å². The average Bonchev–Trinajstić information content (AvgIpc) is 2.44. The minimum atomic E-state index is -3.28. The molecule has 0 amide bonds. The van der Waals surface area contributed by atoms with Crippen LogP contribution in [-0.2, 0) is 16.6 Å². The number of hydrogen-bond donors (Lipinski definition) is 2. The van der Waals surface area contributed by atoms with Crippen LogP contribution in [0.3, 0.4) is 0 Å². The molecule has 0 unspecified atom stereocenters. The second kappa shape index (κ2) is 6.29. The number of nitrogens with one attached hydrogen (secondary N) is 2. The molecule has 2 rings (SSSR count). The molecule has 0 saturated heterocycles. The van der Waals surface area contributed by atoms with Crippen molar-refractivity contribution in [3.05, 3.63) is 59.7 Å². The molecular formula is C15H15N3O2S. The van der Waals surface area contributed by atoms with Crippen molar-refractivity contribution in [3.8, 4) is 6.07 Å². The van der Waals surface area contributed by atoms with Crippen LogP contribution in [0.25, 0.3) is 0 Å². The third kappa shape index (κ3) is 4.82. The zero-order valence-electron chi connectivity index (χ0n) is 11.5. The maximum atomic E-state index is 11.2. The van der Waals surface area contributed by atoms with Crippen molar-refractivity contribution in [2.45, 2.75) is 6.54 Å². The maximum Gasteiger partial charge on any atom is 0.229 e. The first-order chi connectivity index (χ1) is 9.96. The van der Waals surface area contributed by atoms with Gasteiger partial charge < -0.3 is 5.32 Å². The lowest BCUT2D eigenvalue weighted by molar-refractivity contribution is 0.607. The van der Waals surface area contributed by atoms with Gasteiger partial charge in [-0.05, 0) is 35.9 Å². The van der Waals surface area contributed by atoms with Gasteiger partial charge in [-0.25, -0.2) is 8.42 Å². The van der Waals surface area contributed by atoms with Crippen LogP contribution in [0.5, 0.6) is 0 Å². The first-order valence-corrected chi connectivity index (χ1v) is 8.16. The standard InChI is InChI=1S/C15H15N3O2S/c1-21(19,20)18-15-7-3-6-14(9-15)17-11-13-5-2-4-12(8-13)10-16/h2-9,17-18H,11H2,1H3. The number of anilines is 2. The molecule has 0 aliphatic heterocycles. The van der Waals surface area contributed by atoms with Crippen molar-refractivity contribution in [2.24, 2.45) is 0 Å². The Kier molecular flexibility index (Phi) is 4.45. The highest BCUT2D eigenvalue weighted by molar-refractivity contribution is 7.92. The van der Waals surface area contributed by atoms with Gasteiger partial charge in [0.25, 0.3) is 0 Å². The van der Waals surface area contributed by atoms with Gasteiger partial charge in [0.1, 0.15) is 0 Å². The predicted molar refractivity (Wildman–Crippen MR) is 83.4 cm³/mol. The average molecular weight is 301 g/mol. The first-order valence-electron chi connectivity index (χ1n) is 6.27. The Hall–Kier alpha value is -2.52. The number of benzene rings is 2. The normalized spacial score (nSPS) is 10.7. The zero-order chi connectivity index (χ0) is 15.3. The molecular weight excluding hydrogens is 286 g/mol. The van der Waals surface area contributed by atoms with E-state index in [-0.39, 0.29) is 0 Å². The Balaban J connectivity index is 2.06. The third-order valence-electron chi connectivity index (χ3n) is 2.72. The summed E-state index contributed by atoms with van der Waals surface area (Å²) < 4.78 is 24.8. The Morgan fingerprint density at radius 2 is 1.81 bits per heavy atom. The van der Waals surface area contributed by atoms with Crippen molar-refractivity contribution in [3.63, 3.8) is 0 Å². The largest absolute Gasteiger partial charge is 0.381 e. The molecule has 0 aliphatic rings. The maximum absolute atomic E-state index is 11.2. The van der Waals surface area contributed by atoms with E-state index < -0.39 is 10.0 Å². The highest BCUT2D eigenvalue weighted by Crippen LogP contribution is 2.17. The van der Waals surface area contributed by atoms with Crippen LogP contribution in [0.1, 0.15) is 11.1 Å². The quantitative estimate of drug-likeness (QED) is 0.889. The smallest absolute Gasteiger partial charge is 0.229 e. The Morgan fingerprint density at radius 3 is 2.52 bits per heavy atom. The molecule has 0 saturated carbocycles. The highest BCUT2D eigenvalue weighted by atomic mass is 32.2. The van der Waals surface area contributed by atoms with Crippen LogP contribution in [0.4, 0.5) is 11.4 Å². The molecule has 0 radical (unpaired) electrons. The number of rotatable bonds is 5. The molecule has 0 heterocycles. The van der Waals surface area contributed by atoms with Gasteiger partial charge in [0, 0.05) is 12.2 Å². The van der Waals surface area contributed by atoms with Crippen LogP contribution < -0.4 is 10.0 Å².